The largest absolute Gasteiger partial charge is 0.338 e. The summed E-state index contributed by atoms with van der Waals surface area (Å²) in [5.41, 5.74) is 2.49. The molecular weight excluding hydrogens is 368 g/mol. The van der Waals surface area contributed by atoms with Crippen molar-refractivity contribution >= 4 is 33.3 Å². The summed E-state index contributed by atoms with van der Waals surface area (Å²) >= 11 is 3.53. The zero-order valence-corrected chi connectivity index (χ0v) is 15.5. The molecule has 0 unspecified atom stereocenters. The first-order chi connectivity index (χ1) is 11.5. The van der Waals surface area contributed by atoms with Crippen molar-refractivity contribution < 1.29 is 4.79 Å². The highest BCUT2D eigenvalue weighted by Gasteiger charge is 2.22. The number of carbonyl (C=O) groups is 1. The van der Waals surface area contributed by atoms with E-state index in [1.54, 1.807) is 12.1 Å². The summed E-state index contributed by atoms with van der Waals surface area (Å²) in [5, 5.41) is 11.4. The molecule has 1 aliphatic heterocycles. The number of likely N-dealkylation sites (tertiary alicyclic amines) is 1. The number of aryl methyl sites for hydroxylation is 1. The molecule has 24 heavy (non-hydrogen) atoms. The van der Waals surface area contributed by atoms with Crippen molar-refractivity contribution in [2.24, 2.45) is 5.92 Å². The second kappa shape index (κ2) is 7.30. The zero-order chi connectivity index (χ0) is 17.1. The average molecular weight is 389 g/mol. The third-order valence-corrected chi connectivity index (χ3v) is 5.00. The fourth-order valence-corrected chi connectivity index (χ4v) is 3.34. The molecule has 2 heterocycles. The van der Waals surface area contributed by atoms with Crippen LogP contribution in [0.25, 0.3) is 0 Å². The summed E-state index contributed by atoms with van der Waals surface area (Å²) in [6, 6.07) is 9.56. The topological polar surface area (TPSA) is 58.1 Å². The van der Waals surface area contributed by atoms with Crippen molar-refractivity contribution in [3.8, 4) is 0 Å². The fourth-order valence-electron chi connectivity index (χ4n) is 2.75. The molecular formula is C18H21BrN4O. The summed E-state index contributed by atoms with van der Waals surface area (Å²) in [4.78, 5) is 14.3. The quantitative estimate of drug-likeness (QED) is 0.857. The van der Waals surface area contributed by atoms with E-state index in [0.717, 1.165) is 36.1 Å². The van der Waals surface area contributed by atoms with Crippen LogP contribution in [-0.2, 0) is 0 Å². The number of halogens is 1. The summed E-state index contributed by atoms with van der Waals surface area (Å²) in [7, 11) is 0. The third kappa shape index (κ3) is 3.93. The lowest BCUT2D eigenvalue weighted by Crippen LogP contribution is -2.38. The van der Waals surface area contributed by atoms with Gasteiger partial charge in [-0.1, -0.05) is 13.0 Å². The molecule has 0 radical (unpaired) electrons. The highest BCUT2D eigenvalue weighted by Crippen LogP contribution is 2.26. The maximum atomic E-state index is 12.5. The smallest absolute Gasteiger partial charge is 0.274 e. The van der Waals surface area contributed by atoms with Gasteiger partial charge in [-0.05, 0) is 71.4 Å². The molecule has 0 atom stereocenters. The number of nitrogens with zero attached hydrogens (tertiary/aromatic N) is 3. The van der Waals surface area contributed by atoms with Crippen molar-refractivity contribution in [3.63, 3.8) is 0 Å². The minimum atomic E-state index is -0.0301. The molecule has 0 spiro atoms. The van der Waals surface area contributed by atoms with Crippen LogP contribution in [0.4, 0.5) is 11.5 Å². The van der Waals surface area contributed by atoms with Gasteiger partial charge in [0, 0.05) is 17.6 Å². The Bertz CT molecular complexity index is 724. The molecule has 1 saturated heterocycles. The Kier molecular flexibility index (Phi) is 5.14. The first-order valence-electron chi connectivity index (χ1n) is 8.19. The number of anilines is 2. The van der Waals surface area contributed by atoms with Crippen molar-refractivity contribution in [2.45, 2.75) is 26.7 Å². The van der Waals surface area contributed by atoms with Crippen LogP contribution >= 0.6 is 15.9 Å². The number of hydrogen-bond acceptors (Lipinski definition) is 4. The van der Waals surface area contributed by atoms with Crippen LogP contribution in [-0.4, -0.2) is 34.1 Å². The molecule has 1 aromatic heterocycles. The first-order valence-corrected chi connectivity index (χ1v) is 8.98. The maximum Gasteiger partial charge on any atom is 0.274 e. The van der Waals surface area contributed by atoms with Crippen molar-refractivity contribution in [2.75, 3.05) is 18.4 Å². The van der Waals surface area contributed by atoms with E-state index in [9.17, 15) is 4.79 Å². The molecule has 1 N–H and O–H groups in total. The molecule has 0 bridgehead atoms. The number of rotatable bonds is 3. The number of piperidine rings is 1. The van der Waals surface area contributed by atoms with Crippen LogP contribution in [0.5, 0.6) is 0 Å². The minimum absolute atomic E-state index is 0.0301. The van der Waals surface area contributed by atoms with Gasteiger partial charge in [-0.2, -0.15) is 0 Å². The van der Waals surface area contributed by atoms with E-state index in [2.05, 4.69) is 38.4 Å². The number of hydrogen-bond donors (Lipinski definition) is 1. The van der Waals surface area contributed by atoms with E-state index >= 15 is 0 Å². The Labute approximate surface area is 150 Å². The lowest BCUT2D eigenvalue weighted by Gasteiger charge is -2.29. The van der Waals surface area contributed by atoms with Crippen LogP contribution in [0, 0.1) is 12.8 Å². The minimum Gasteiger partial charge on any atom is -0.338 e. The first kappa shape index (κ1) is 16.9. The molecule has 2 aromatic rings. The van der Waals surface area contributed by atoms with E-state index < -0.39 is 0 Å². The van der Waals surface area contributed by atoms with Crippen molar-refractivity contribution in [1.82, 2.24) is 15.1 Å². The molecule has 1 aliphatic rings. The van der Waals surface area contributed by atoms with Gasteiger partial charge < -0.3 is 10.2 Å². The fraction of sp³-hybridized carbons (Fsp3) is 0.389. The molecule has 3 rings (SSSR count). The number of aromatic nitrogens is 2. The maximum absolute atomic E-state index is 12.5. The van der Waals surface area contributed by atoms with Gasteiger partial charge in [0.15, 0.2) is 11.5 Å². The Morgan fingerprint density at radius 2 is 1.96 bits per heavy atom. The van der Waals surface area contributed by atoms with Crippen molar-refractivity contribution in [1.29, 1.82) is 0 Å². The zero-order valence-electron chi connectivity index (χ0n) is 13.9. The van der Waals surface area contributed by atoms with Gasteiger partial charge in [-0.3, -0.25) is 4.79 Å². The van der Waals surface area contributed by atoms with Gasteiger partial charge in [0.2, 0.25) is 0 Å². The monoisotopic (exact) mass is 388 g/mol. The van der Waals surface area contributed by atoms with Gasteiger partial charge in [0.25, 0.3) is 5.91 Å². The Morgan fingerprint density at radius 1 is 1.21 bits per heavy atom. The van der Waals surface area contributed by atoms with Crippen LogP contribution < -0.4 is 5.32 Å². The number of carbonyl (C=O) groups excluding carboxylic acids is 1. The molecule has 1 amide bonds. The standard InChI is InChI=1S/C18H21BrN4O/c1-12-7-9-23(10-8-12)18(24)16-5-6-17(22-21-16)20-15-4-3-13(2)11-14(15)19/h3-6,11-12H,7-10H2,1-2H3,(H,20,22). The Hall–Kier alpha value is -1.95. The van der Waals surface area contributed by atoms with E-state index in [-0.39, 0.29) is 5.91 Å². The molecule has 6 heteroatoms. The predicted octanol–water partition coefficient (Wildman–Crippen LogP) is 4.16. The van der Waals surface area contributed by atoms with Gasteiger partial charge in [0.1, 0.15) is 0 Å². The van der Waals surface area contributed by atoms with Crippen LogP contribution in [0.1, 0.15) is 35.8 Å². The summed E-state index contributed by atoms with van der Waals surface area (Å²) in [5.74, 6) is 1.28. The van der Waals surface area contributed by atoms with Gasteiger partial charge in [0.05, 0.1) is 5.69 Å². The van der Waals surface area contributed by atoms with E-state index in [0.29, 0.717) is 17.4 Å². The predicted molar refractivity (Wildman–Crippen MR) is 98.5 cm³/mol. The number of nitrogens with one attached hydrogen (secondary N) is 1. The van der Waals surface area contributed by atoms with Gasteiger partial charge >= 0.3 is 0 Å². The Balaban J connectivity index is 1.68. The molecule has 0 aliphatic carbocycles. The third-order valence-electron chi connectivity index (χ3n) is 4.34. The highest BCUT2D eigenvalue weighted by molar-refractivity contribution is 9.10. The second-order valence-electron chi connectivity index (χ2n) is 6.39. The average Bonchev–Trinajstić information content (AvgIpc) is 2.58. The summed E-state index contributed by atoms with van der Waals surface area (Å²) in [6.07, 6.45) is 2.11. The molecule has 126 valence electrons. The molecule has 1 fully saturated rings. The van der Waals surface area contributed by atoms with Crippen LogP contribution in [0.2, 0.25) is 0 Å². The van der Waals surface area contributed by atoms with Crippen LogP contribution in [0.3, 0.4) is 0 Å². The van der Waals surface area contributed by atoms with Crippen LogP contribution in [0.15, 0.2) is 34.8 Å². The van der Waals surface area contributed by atoms with Gasteiger partial charge in [-0.15, -0.1) is 10.2 Å². The Morgan fingerprint density at radius 3 is 2.58 bits per heavy atom. The molecule has 5 nitrogen and oxygen atoms in total. The second-order valence-corrected chi connectivity index (χ2v) is 7.24. The van der Waals surface area contributed by atoms with Crippen molar-refractivity contribution in [3.05, 3.63) is 46.1 Å². The normalized spacial score (nSPS) is 15.4. The van der Waals surface area contributed by atoms with E-state index in [1.807, 2.05) is 30.0 Å². The van der Waals surface area contributed by atoms with E-state index in [4.69, 9.17) is 0 Å². The number of benzene rings is 1. The molecule has 0 saturated carbocycles. The summed E-state index contributed by atoms with van der Waals surface area (Å²) < 4.78 is 0.965. The lowest BCUT2D eigenvalue weighted by atomic mass is 9.99. The highest BCUT2D eigenvalue weighted by atomic mass is 79.9. The molecule has 1 aromatic carbocycles. The van der Waals surface area contributed by atoms with E-state index in [1.165, 1.54) is 5.56 Å². The summed E-state index contributed by atoms with van der Waals surface area (Å²) in [6.45, 7) is 5.87. The SMILES string of the molecule is Cc1ccc(Nc2ccc(C(=O)N3CCC(C)CC3)nn2)c(Br)c1. The van der Waals surface area contributed by atoms with Gasteiger partial charge in [-0.25, -0.2) is 0 Å². The lowest BCUT2D eigenvalue weighted by molar-refractivity contribution is 0.0690. The number of amides is 1.